The number of benzene rings is 1. The predicted molar refractivity (Wildman–Crippen MR) is 112 cm³/mol. The number of hydrogen-bond donors (Lipinski definition) is 1. The molecule has 1 fully saturated rings. The van der Waals surface area contributed by atoms with Gasteiger partial charge in [-0.2, -0.15) is 5.10 Å². The van der Waals surface area contributed by atoms with Gasteiger partial charge in [-0.15, -0.1) is 0 Å². The summed E-state index contributed by atoms with van der Waals surface area (Å²) in [7, 11) is 1.38. The summed E-state index contributed by atoms with van der Waals surface area (Å²) in [5.41, 5.74) is 2.29. The fourth-order valence-corrected chi connectivity index (χ4v) is 4.08. The van der Waals surface area contributed by atoms with Gasteiger partial charge in [-0.1, -0.05) is 6.07 Å². The molecule has 0 spiro atoms. The summed E-state index contributed by atoms with van der Waals surface area (Å²) in [4.78, 5) is 52.4. The van der Waals surface area contributed by atoms with Crippen molar-refractivity contribution in [2.75, 3.05) is 18.9 Å². The number of hydrogen-bond acceptors (Lipinski definition) is 6. The molecule has 0 bridgehead atoms. The molecule has 1 aromatic carbocycles. The zero-order chi connectivity index (χ0) is 22.1. The molecular formula is C22H25N5O4. The van der Waals surface area contributed by atoms with E-state index < -0.39 is 23.8 Å². The number of imide groups is 2. The number of likely N-dealkylation sites (tertiary alicyclic amines) is 1. The average molecular weight is 423 g/mol. The van der Waals surface area contributed by atoms with Gasteiger partial charge < -0.3 is 5.32 Å². The van der Waals surface area contributed by atoms with Gasteiger partial charge in [0, 0.05) is 38.4 Å². The van der Waals surface area contributed by atoms with E-state index in [4.69, 9.17) is 0 Å². The standard InChI is InChI=1S/C22H25N5O4/c1-14-12-24-26(13-14)11-4-3-10-23-16-7-5-6-15-19(16)22(31)27(20(15)29)17-8-9-18(28)25(2)21(17)30/h5-7,12-13,17,23H,3-4,8-11H2,1-2H3. The van der Waals surface area contributed by atoms with Crippen LogP contribution in [0.25, 0.3) is 0 Å². The van der Waals surface area contributed by atoms with Gasteiger partial charge in [0.2, 0.25) is 5.91 Å². The Morgan fingerprint density at radius 1 is 1.13 bits per heavy atom. The van der Waals surface area contributed by atoms with E-state index in [-0.39, 0.29) is 24.3 Å². The first-order valence-electron chi connectivity index (χ1n) is 10.4. The molecule has 31 heavy (non-hydrogen) atoms. The molecule has 0 radical (unpaired) electrons. The molecular weight excluding hydrogens is 398 g/mol. The summed E-state index contributed by atoms with van der Waals surface area (Å²) in [6, 6.07) is 4.15. The number of anilines is 1. The largest absolute Gasteiger partial charge is 0.384 e. The van der Waals surface area contributed by atoms with Crippen LogP contribution in [-0.4, -0.2) is 62.8 Å². The number of piperidine rings is 1. The number of aryl methyl sites for hydroxylation is 2. The van der Waals surface area contributed by atoms with E-state index in [1.54, 1.807) is 18.2 Å². The van der Waals surface area contributed by atoms with Crippen molar-refractivity contribution in [3.05, 3.63) is 47.3 Å². The molecule has 1 unspecified atom stereocenters. The zero-order valence-electron chi connectivity index (χ0n) is 17.6. The molecule has 1 saturated heterocycles. The lowest BCUT2D eigenvalue weighted by Gasteiger charge is -2.32. The number of rotatable bonds is 7. The second kappa shape index (κ2) is 8.33. The molecule has 1 atom stereocenters. The van der Waals surface area contributed by atoms with Crippen LogP contribution < -0.4 is 5.32 Å². The maximum atomic E-state index is 13.1. The quantitative estimate of drug-likeness (QED) is 0.538. The predicted octanol–water partition coefficient (Wildman–Crippen LogP) is 1.83. The van der Waals surface area contributed by atoms with Gasteiger partial charge in [-0.05, 0) is 43.9 Å². The van der Waals surface area contributed by atoms with Crippen LogP contribution in [0.5, 0.6) is 0 Å². The summed E-state index contributed by atoms with van der Waals surface area (Å²) in [6.45, 7) is 3.45. The Balaban J connectivity index is 1.43. The third kappa shape index (κ3) is 3.83. The number of likely N-dealkylation sites (N-methyl/N-ethyl adjacent to an activating group) is 1. The first kappa shape index (κ1) is 20.8. The Hall–Kier alpha value is -3.49. The lowest BCUT2D eigenvalue weighted by atomic mass is 10.0. The molecule has 2 aromatic rings. The van der Waals surface area contributed by atoms with Crippen molar-refractivity contribution in [2.24, 2.45) is 0 Å². The fraction of sp³-hybridized carbons (Fsp3) is 0.409. The van der Waals surface area contributed by atoms with Crippen molar-refractivity contribution in [3.8, 4) is 0 Å². The maximum Gasteiger partial charge on any atom is 0.264 e. The molecule has 1 aromatic heterocycles. The number of fused-ring (bicyclic) bond motifs is 1. The van der Waals surface area contributed by atoms with Crippen molar-refractivity contribution in [3.63, 3.8) is 0 Å². The molecule has 2 aliphatic heterocycles. The Bertz CT molecular complexity index is 1060. The smallest absolute Gasteiger partial charge is 0.264 e. The number of carbonyl (C=O) groups excluding carboxylic acids is 4. The van der Waals surface area contributed by atoms with Gasteiger partial charge in [-0.3, -0.25) is 33.7 Å². The van der Waals surface area contributed by atoms with Crippen molar-refractivity contribution >= 4 is 29.3 Å². The topological polar surface area (TPSA) is 105 Å². The number of unbranched alkanes of at least 4 members (excludes halogenated alkanes) is 1. The van der Waals surface area contributed by atoms with Gasteiger partial charge in [0.05, 0.1) is 17.3 Å². The van der Waals surface area contributed by atoms with E-state index in [9.17, 15) is 19.2 Å². The second-order valence-corrected chi connectivity index (χ2v) is 7.97. The minimum Gasteiger partial charge on any atom is -0.384 e. The van der Waals surface area contributed by atoms with Crippen molar-refractivity contribution in [2.45, 2.75) is 45.2 Å². The first-order chi connectivity index (χ1) is 14.9. The maximum absolute atomic E-state index is 13.1. The number of nitrogens with one attached hydrogen (secondary N) is 1. The normalized spacial score (nSPS) is 18.7. The number of nitrogens with zero attached hydrogens (tertiary/aromatic N) is 4. The lowest BCUT2D eigenvalue weighted by molar-refractivity contribution is -0.149. The van der Waals surface area contributed by atoms with E-state index >= 15 is 0 Å². The van der Waals surface area contributed by atoms with E-state index in [1.165, 1.54) is 7.05 Å². The highest BCUT2D eigenvalue weighted by Crippen LogP contribution is 2.33. The fourth-order valence-electron chi connectivity index (χ4n) is 4.08. The van der Waals surface area contributed by atoms with Crippen LogP contribution in [0.15, 0.2) is 30.6 Å². The molecule has 4 amide bonds. The highest BCUT2D eigenvalue weighted by Gasteiger charge is 2.46. The van der Waals surface area contributed by atoms with Gasteiger partial charge in [0.1, 0.15) is 6.04 Å². The lowest BCUT2D eigenvalue weighted by Crippen LogP contribution is -2.54. The van der Waals surface area contributed by atoms with Gasteiger partial charge >= 0.3 is 0 Å². The van der Waals surface area contributed by atoms with Gasteiger partial charge in [0.25, 0.3) is 17.7 Å². The van der Waals surface area contributed by atoms with Crippen LogP contribution in [0.2, 0.25) is 0 Å². The van der Waals surface area contributed by atoms with Crippen LogP contribution in [0.4, 0.5) is 5.69 Å². The average Bonchev–Trinajstić information content (AvgIpc) is 3.28. The first-order valence-corrected chi connectivity index (χ1v) is 10.4. The van der Waals surface area contributed by atoms with Crippen LogP contribution in [-0.2, 0) is 16.1 Å². The van der Waals surface area contributed by atoms with Crippen LogP contribution in [0.1, 0.15) is 52.0 Å². The third-order valence-electron chi connectivity index (χ3n) is 5.77. The molecule has 162 valence electrons. The molecule has 4 rings (SSSR count). The van der Waals surface area contributed by atoms with Gasteiger partial charge in [-0.25, -0.2) is 0 Å². The summed E-state index contributed by atoms with van der Waals surface area (Å²) < 4.78 is 1.90. The molecule has 0 aliphatic carbocycles. The van der Waals surface area contributed by atoms with Crippen molar-refractivity contribution < 1.29 is 19.2 Å². The molecule has 3 heterocycles. The van der Waals surface area contributed by atoms with Crippen LogP contribution in [0, 0.1) is 6.92 Å². The second-order valence-electron chi connectivity index (χ2n) is 7.97. The monoisotopic (exact) mass is 423 g/mol. The highest BCUT2D eigenvalue weighted by atomic mass is 16.2. The molecule has 9 heteroatoms. The molecule has 9 nitrogen and oxygen atoms in total. The van der Waals surface area contributed by atoms with E-state index in [1.807, 2.05) is 24.0 Å². The minimum absolute atomic E-state index is 0.126. The molecule has 0 saturated carbocycles. The van der Waals surface area contributed by atoms with E-state index in [0.717, 1.165) is 34.7 Å². The van der Waals surface area contributed by atoms with Crippen LogP contribution >= 0.6 is 0 Å². The summed E-state index contributed by atoms with van der Waals surface area (Å²) in [6.07, 6.45) is 5.88. The van der Waals surface area contributed by atoms with Gasteiger partial charge in [0.15, 0.2) is 0 Å². The minimum atomic E-state index is -0.944. The highest BCUT2D eigenvalue weighted by molar-refractivity contribution is 6.25. The van der Waals surface area contributed by atoms with E-state index in [0.29, 0.717) is 17.8 Å². The third-order valence-corrected chi connectivity index (χ3v) is 5.77. The van der Waals surface area contributed by atoms with Crippen molar-refractivity contribution in [1.82, 2.24) is 19.6 Å². The Morgan fingerprint density at radius 2 is 1.94 bits per heavy atom. The number of aromatic nitrogens is 2. The molecule has 2 aliphatic rings. The summed E-state index contributed by atoms with van der Waals surface area (Å²) in [5.74, 6) is -1.80. The summed E-state index contributed by atoms with van der Waals surface area (Å²) >= 11 is 0. The zero-order valence-corrected chi connectivity index (χ0v) is 17.6. The Kier molecular flexibility index (Phi) is 5.58. The SMILES string of the molecule is Cc1cnn(CCCCNc2cccc3c2C(=O)N(C2CCC(=O)N(C)C2=O)C3=O)c1. The Morgan fingerprint density at radius 3 is 2.68 bits per heavy atom. The van der Waals surface area contributed by atoms with Crippen LogP contribution in [0.3, 0.4) is 0 Å². The number of carbonyl (C=O) groups is 4. The molecule has 1 N–H and O–H groups in total. The Labute approximate surface area is 180 Å². The summed E-state index contributed by atoms with van der Waals surface area (Å²) in [5, 5.41) is 7.52. The van der Waals surface area contributed by atoms with E-state index in [2.05, 4.69) is 10.4 Å². The van der Waals surface area contributed by atoms with Crippen molar-refractivity contribution in [1.29, 1.82) is 0 Å². The number of amides is 4.